The number of hydrogen-bond donors (Lipinski definition) is 2. The summed E-state index contributed by atoms with van der Waals surface area (Å²) in [5, 5.41) is 18.1. The number of hydrogen-bond acceptors (Lipinski definition) is 5. The normalized spacial score (nSPS) is 21.2. The molecule has 2 heterocycles. The Morgan fingerprint density at radius 3 is 2.69 bits per heavy atom. The molecule has 5 nitrogen and oxygen atoms in total. The predicted molar refractivity (Wildman–Crippen MR) is 93.2 cm³/mol. The van der Waals surface area contributed by atoms with Crippen molar-refractivity contribution in [1.29, 1.82) is 0 Å². The van der Waals surface area contributed by atoms with Crippen LogP contribution in [0.1, 0.15) is 31.2 Å². The SMILES string of the molecule is OC1CCC(Nc2nn3c(-c4cccc(C(F)(F)F)c4)cnc3s2)CC1. The van der Waals surface area contributed by atoms with Gasteiger partial charge in [0.25, 0.3) is 0 Å². The van der Waals surface area contributed by atoms with Crippen LogP contribution in [0.25, 0.3) is 16.2 Å². The number of benzene rings is 1. The lowest BCUT2D eigenvalue weighted by atomic mass is 9.93. The maximum absolute atomic E-state index is 13.0. The topological polar surface area (TPSA) is 62.5 Å². The van der Waals surface area contributed by atoms with Crippen molar-refractivity contribution in [1.82, 2.24) is 14.6 Å². The third-order valence-electron chi connectivity index (χ3n) is 4.60. The minimum Gasteiger partial charge on any atom is -0.393 e. The standard InChI is InChI=1S/C17H17F3N4OS/c18-17(19,20)11-3-1-2-10(8-11)14-9-21-16-24(14)23-15(26-16)22-12-4-6-13(25)7-5-12/h1-3,8-9,12-13,25H,4-7H2,(H,22,23). The summed E-state index contributed by atoms with van der Waals surface area (Å²) in [5.41, 5.74) is 0.249. The number of aromatic nitrogens is 3. The van der Waals surface area contributed by atoms with E-state index in [1.54, 1.807) is 10.6 Å². The van der Waals surface area contributed by atoms with Crippen LogP contribution in [0.2, 0.25) is 0 Å². The third kappa shape index (κ3) is 3.41. The number of aliphatic hydroxyl groups excluding tert-OH is 1. The summed E-state index contributed by atoms with van der Waals surface area (Å²) in [6, 6.07) is 5.40. The summed E-state index contributed by atoms with van der Waals surface area (Å²) < 4.78 is 40.4. The molecular formula is C17H17F3N4OS. The number of nitrogens with zero attached hydrogens (tertiary/aromatic N) is 3. The second-order valence-corrected chi connectivity index (χ2v) is 7.43. The molecule has 1 aliphatic carbocycles. The fourth-order valence-electron chi connectivity index (χ4n) is 3.20. The Balaban J connectivity index is 1.60. The lowest BCUT2D eigenvalue weighted by molar-refractivity contribution is -0.137. The zero-order valence-corrected chi connectivity index (χ0v) is 14.5. The molecule has 0 atom stereocenters. The Hall–Kier alpha value is -2.13. The van der Waals surface area contributed by atoms with Crippen LogP contribution in [-0.4, -0.2) is 31.9 Å². The second kappa shape index (κ2) is 6.55. The van der Waals surface area contributed by atoms with E-state index in [2.05, 4.69) is 15.4 Å². The molecule has 3 aromatic rings. The van der Waals surface area contributed by atoms with Crippen LogP contribution in [-0.2, 0) is 6.18 Å². The second-order valence-electron chi connectivity index (χ2n) is 6.47. The van der Waals surface area contributed by atoms with Crippen molar-refractivity contribution in [2.45, 2.75) is 44.0 Å². The van der Waals surface area contributed by atoms with Gasteiger partial charge in [0.05, 0.1) is 23.6 Å². The Labute approximate surface area is 151 Å². The fraction of sp³-hybridized carbons (Fsp3) is 0.412. The van der Waals surface area contributed by atoms with Gasteiger partial charge in [-0.2, -0.15) is 13.2 Å². The van der Waals surface area contributed by atoms with E-state index in [1.807, 2.05) is 0 Å². The maximum atomic E-state index is 13.0. The number of halogens is 3. The van der Waals surface area contributed by atoms with Gasteiger partial charge in [-0.15, -0.1) is 5.10 Å². The number of imidazole rings is 1. The molecule has 0 radical (unpaired) electrons. The van der Waals surface area contributed by atoms with Gasteiger partial charge in [0.1, 0.15) is 0 Å². The van der Waals surface area contributed by atoms with Crippen LogP contribution in [0.3, 0.4) is 0 Å². The van der Waals surface area contributed by atoms with Crippen molar-refractivity contribution >= 4 is 21.4 Å². The van der Waals surface area contributed by atoms with Gasteiger partial charge in [-0.05, 0) is 37.8 Å². The molecule has 1 aromatic carbocycles. The molecule has 0 bridgehead atoms. The van der Waals surface area contributed by atoms with Gasteiger partial charge in [-0.1, -0.05) is 23.5 Å². The molecule has 26 heavy (non-hydrogen) atoms. The smallest absolute Gasteiger partial charge is 0.393 e. The van der Waals surface area contributed by atoms with E-state index in [0.29, 0.717) is 21.3 Å². The summed E-state index contributed by atoms with van der Waals surface area (Å²) in [6.07, 6.45) is 0.169. The molecule has 1 aliphatic rings. The largest absolute Gasteiger partial charge is 0.416 e. The van der Waals surface area contributed by atoms with Crippen LogP contribution in [0.15, 0.2) is 30.5 Å². The van der Waals surface area contributed by atoms with Gasteiger partial charge >= 0.3 is 6.18 Å². The van der Waals surface area contributed by atoms with Crippen molar-refractivity contribution in [3.8, 4) is 11.3 Å². The van der Waals surface area contributed by atoms with E-state index in [1.165, 1.54) is 23.6 Å². The summed E-state index contributed by atoms with van der Waals surface area (Å²) in [5.74, 6) is 0. The number of nitrogens with one attached hydrogen (secondary N) is 1. The minimum atomic E-state index is -4.39. The Kier molecular flexibility index (Phi) is 4.36. The number of alkyl halides is 3. The number of anilines is 1. The van der Waals surface area contributed by atoms with E-state index < -0.39 is 11.7 Å². The highest BCUT2D eigenvalue weighted by Crippen LogP contribution is 2.33. The van der Waals surface area contributed by atoms with E-state index in [-0.39, 0.29) is 12.1 Å². The Bertz CT molecular complexity index is 912. The Morgan fingerprint density at radius 1 is 1.19 bits per heavy atom. The minimum absolute atomic E-state index is 0.228. The molecule has 0 amide bonds. The number of rotatable bonds is 3. The molecule has 2 aromatic heterocycles. The highest BCUT2D eigenvalue weighted by Gasteiger charge is 2.30. The monoisotopic (exact) mass is 382 g/mol. The van der Waals surface area contributed by atoms with Crippen molar-refractivity contribution < 1.29 is 18.3 Å². The van der Waals surface area contributed by atoms with Gasteiger partial charge in [-0.3, -0.25) is 0 Å². The first-order valence-electron chi connectivity index (χ1n) is 8.37. The fourth-order valence-corrected chi connectivity index (χ4v) is 4.05. The highest BCUT2D eigenvalue weighted by atomic mass is 32.1. The van der Waals surface area contributed by atoms with Crippen LogP contribution < -0.4 is 5.32 Å². The molecule has 0 spiro atoms. The predicted octanol–water partition coefficient (Wildman–Crippen LogP) is 4.19. The van der Waals surface area contributed by atoms with E-state index in [4.69, 9.17) is 0 Å². The summed E-state index contributed by atoms with van der Waals surface area (Å²) in [6.45, 7) is 0. The average molecular weight is 382 g/mol. The van der Waals surface area contributed by atoms with Crippen molar-refractivity contribution in [2.24, 2.45) is 0 Å². The van der Waals surface area contributed by atoms with E-state index >= 15 is 0 Å². The van der Waals surface area contributed by atoms with Crippen LogP contribution in [0.4, 0.5) is 18.3 Å². The van der Waals surface area contributed by atoms with Crippen molar-refractivity contribution in [2.75, 3.05) is 5.32 Å². The Morgan fingerprint density at radius 2 is 1.96 bits per heavy atom. The molecule has 2 N–H and O–H groups in total. The zero-order chi connectivity index (χ0) is 18.3. The van der Waals surface area contributed by atoms with E-state index in [0.717, 1.165) is 37.8 Å². The van der Waals surface area contributed by atoms with Crippen molar-refractivity contribution in [3.05, 3.63) is 36.0 Å². The first-order chi connectivity index (χ1) is 12.4. The van der Waals surface area contributed by atoms with Gasteiger partial charge in [0.15, 0.2) is 0 Å². The van der Waals surface area contributed by atoms with Crippen LogP contribution >= 0.6 is 11.3 Å². The van der Waals surface area contributed by atoms with E-state index in [9.17, 15) is 18.3 Å². The van der Waals surface area contributed by atoms with Gasteiger partial charge in [0, 0.05) is 11.6 Å². The lowest BCUT2D eigenvalue weighted by Gasteiger charge is -2.25. The maximum Gasteiger partial charge on any atom is 0.416 e. The van der Waals surface area contributed by atoms with Gasteiger partial charge < -0.3 is 10.4 Å². The van der Waals surface area contributed by atoms with Gasteiger partial charge in [0.2, 0.25) is 10.1 Å². The first-order valence-corrected chi connectivity index (χ1v) is 9.18. The summed E-state index contributed by atoms with van der Waals surface area (Å²) >= 11 is 1.36. The summed E-state index contributed by atoms with van der Waals surface area (Å²) in [7, 11) is 0. The first kappa shape index (κ1) is 17.3. The molecule has 0 aliphatic heterocycles. The molecule has 1 fully saturated rings. The highest BCUT2D eigenvalue weighted by molar-refractivity contribution is 7.20. The van der Waals surface area contributed by atoms with Crippen LogP contribution in [0, 0.1) is 0 Å². The molecule has 9 heteroatoms. The van der Waals surface area contributed by atoms with Gasteiger partial charge in [-0.25, -0.2) is 9.50 Å². The third-order valence-corrected chi connectivity index (χ3v) is 5.45. The molecule has 0 saturated heterocycles. The molecule has 4 rings (SSSR count). The lowest BCUT2D eigenvalue weighted by Crippen LogP contribution is -2.28. The molecule has 0 unspecified atom stereocenters. The molecular weight excluding hydrogens is 365 g/mol. The quantitative estimate of drug-likeness (QED) is 0.713. The summed E-state index contributed by atoms with van der Waals surface area (Å²) in [4.78, 5) is 4.89. The van der Waals surface area contributed by atoms with Crippen LogP contribution in [0.5, 0.6) is 0 Å². The number of aliphatic hydroxyl groups is 1. The number of fused-ring (bicyclic) bond motifs is 1. The molecule has 138 valence electrons. The zero-order valence-electron chi connectivity index (χ0n) is 13.7. The molecule has 1 saturated carbocycles. The average Bonchev–Trinajstić information content (AvgIpc) is 3.16. The van der Waals surface area contributed by atoms with Crippen molar-refractivity contribution in [3.63, 3.8) is 0 Å².